The minimum Gasteiger partial charge on any atom is -0.326 e. The molecule has 1 aliphatic heterocycles. The smallest absolute Gasteiger partial charge is 0.221 e. The van der Waals surface area contributed by atoms with Gasteiger partial charge in [0.1, 0.15) is 0 Å². The van der Waals surface area contributed by atoms with Crippen molar-refractivity contribution < 1.29 is 4.79 Å². The molecule has 1 aromatic carbocycles. The third-order valence-corrected chi connectivity index (χ3v) is 6.58. The Labute approximate surface area is 145 Å². The summed E-state index contributed by atoms with van der Waals surface area (Å²) in [7, 11) is 0. The zero-order valence-corrected chi connectivity index (χ0v) is 14.9. The number of nitrogens with one attached hydrogen (secondary N) is 1. The first-order valence-electron chi connectivity index (χ1n) is 9.77. The third-order valence-electron chi connectivity index (χ3n) is 6.58. The number of fused-ring (bicyclic) bond motifs is 1. The minimum atomic E-state index is 0.0182. The predicted molar refractivity (Wildman–Crippen MR) is 98.3 cm³/mol. The van der Waals surface area contributed by atoms with Gasteiger partial charge < -0.3 is 10.2 Å². The highest BCUT2D eigenvalue weighted by Crippen LogP contribution is 2.48. The second-order valence-corrected chi connectivity index (χ2v) is 8.35. The van der Waals surface area contributed by atoms with Gasteiger partial charge in [0.15, 0.2) is 0 Å². The number of hydrogen-bond donors (Lipinski definition) is 1. The number of carbonyl (C=O) groups is 1. The summed E-state index contributed by atoms with van der Waals surface area (Å²) in [5, 5.41) is 2.93. The summed E-state index contributed by atoms with van der Waals surface area (Å²) in [6, 6.07) is 7.36. The van der Waals surface area contributed by atoms with Gasteiger partial charge in [0.25, 0.3) is 0 Å². The van der Waals surface area contributed by atoms with Crippen LogP contribution in [0.4, 0.5) is 5.69 Å². The molecule has 0 atom stereocenters. The van der Waals surface area contributed by atoms with Crippen molar-refractivity contribution in [3.05, 3.63) is 29.3 Å². The molecule has 24 heavy (non-hydrogen) atoms. The molecule has 0 aromatic heterocycles. The summed E-state index contributed by atoms with van der Waals surface area (Å²) in [5.74, 6) is 0.0182. The molecule has 3 aliphatic rings. The molecule has 1 N–H and O–H groups in total. The Bertz CT molecular complexity index is 610. The summed E-state index contributed by atoms with van der Waals surface area (Å²) in [5.41, 5.74) is 4.45. The van der Waals surface area contributed by atoms with Crippen LogP contribution in [0.5, 0.6) is 0 Å². The summed E-state index contributed by atoms with van der Waals surface area (Å²) in [6.45, 7) is 4.24. The number of hydrogen-bond acceptors (Lipinski definition) is 2. The quantitative estimate of drug-likeness (QED) is 0.885. The van der Waals surface area contributed by atoms with Gasteiger partial charge in [0, 0.05) is 18.7 Å². The van der Waals surface area contributed by atoms with Gasteiger partial charge >= 0.3 is 0 Å². The standard InChI is InChI=1S/C21H30N2O/c1-16(24)22-19-6-5-17-14-21(15-18(17)13-19)9-7-20(8-10-21)23-11-3-2-4-12-23/h5-6,13,20H,2-4,7-12,14-15H2,1H3,(H,22,24). The van der Waals surface area contributed by atoms with Crippen LogP contribution in [0.25, 0.3) is 0 Å². The van der Waals surface area contributed by atoms with Gasteiger partial charge in [0.2, 0.25) is 5.91 Å². The maximum Gasteiger partial charge on any atom is 0.221 e. The van der Waals surface area contributed by atoms with Gasteiger partial charge in [-0.25, -0.2) is 0 Å². The Kier molecular flexibility index (Phi) is 4.38. The number of likely N-dealkylation sites (tertiary alicyclic amines) is 1. The van der Waals surface area contributed by atoms with Crippen LogP contribution in [0.2, 0.25) is 0 Å². The number of piperidine rings is 1. The lowest BCUT2D eigenvalue weighted by atomic mass is 9.70. The number of anilines is 1. The molecule has 1 saturated heterocycles. The van der Waals surface area contributed by atoms with Crippen LogP contribution in [-0.4, -0.2) is 29.9 Å². The molecule has 0 bridgehead atoms. The molecule has 1 amide bonds. The first-order chi connectivity index (χ1) is 11.6. The van der Waals surface area contributed by atoms with Gasteiger partial charge in [0.05, 0.1) is 0 Å². The normalized spacial score (nSPS) is 30.3. The molecule has 0 radical (unpaired) electrons. The van der Waals surface area contributed by atoms with Crippen LogP contribution in [0.15, 0.2) is 18.2 Å². The Balaban J connectivity index is 1.40. The van der Waals surface area contributed by atoms with E-state index >= 15 is 0 Å². The molecule has 2 aliphatic carbocycles. The van der Waals surface area contributed by atoms with E-state index in [9.17, 15) is 4.79 Å². The van der Waals surface area contributed by atoms with Crippen molar-refractivity contribution in [3.8, 4) is 0 Å². The molecular formula is C21H30N2O. The van der Waals surface area contributed by atoms with Crippen molar-refractivity contribution in [2.24, 2.45) is 5.41 Å². The largest absolute Gasteiger partial charge is 0.326 e. The maximum atomic E-state index is 11.3. The van der Waals surface area contributed by atoms with E-state index in [2.05, 4.69) is 28.4 Å². The number of amides is 1. The van der Waals surface area contributed by atoms with E-state index in [1.54, 1.807) is 6.92 Å². The number of rotatable bonds is 2. The molecule has 130 valence electrons. The minimum absolute atomic E-state index is 0.0182. The van der Waals surface area contributed by atoms with E-state index in [1.807, 2.05) is 0 Å². The Hall–Kier alpha value is -1.35. The van der Waals surface area contributed by atoms with Gasteiger partial charge in [-0.1, -0.05) is 12.5 Å². The average molecular weight is 326 g/mol. The van der Waals surface area contributed by atoms with Crippen molar-refractivity contribution >= 4 is 11.6 Å². The van der Waals surface area contributed by atoms with Crippen LogP contribution in [0, 0.1) is 5.41 Å². The summed E-state index contributed by atoms with van der Waals surface area (Å²) in [4.78, 5) is 14.1. The lowest BCUT2D eigenvalue weighted by Gasteiger charge is -2.43. The monoisotopic (exact) mass is 326 g/mol. The van der Waals surface area contributed by atoms with Crippen molar-refractivity contribution in [1.29, 1.82) is 0 Å². The van der Waals surface area contributed by atoms with Crippen LogP contribution in [0.1, 0.15) is 63.0 Å². The topological polar surface area (TPSA) is 32.3 Å². The van der Waals surface area contributed by atoms with Crippen molar-refractivity contribution in [1.82, 2.24) is 4.90 Å². The van der Waals surface area contributed by atoms with E-state index in [0.717, 1.165) is 11.7 Å². The van der Waals surface area contributed by atoms with E-state index in [1.165, 1.54) is 82.0 Å². The van der Waals surface area contributed by atoms with Crippen molar-refractivity contribution in [3.63, 3.8) is 0 Å². The Morgan fingerprint density at radius 3 is 2.50 bits per heavy atom. The molecule has 4 rings (SSSR count). The molecule has 1 heterocycles. The lowest BCUT2D eigenvalue weighted by Crippen LogP contribution is -2.43. The summed E-state index contributed by atoms with van der Waals surface area (Å²) < 4.78 is 0. The lowest BCUT2D eigenvalue weighted by molar-refractivity contribution is -0.114. The fraction of sp³-hybridized carbons (Fsp3) is 0.667. The second-order valence-electron chi connectivity index (χ2n) is 8.35. The highest BCUT2D eigenvalue weighted by atomic mass is 16.1. The van der Waals surface area contributed by atoms with Crippen LogP contribution >= 0.6 is 0 Å². The van der Waals surface area contributed by atoms with E-state index < -0.39 is 0 Å². The van der Waals surface area contributed by atoms with Crippen LogP contribution in [-0.2, 0) is 17.6 Å². The highest BCUT2D eigenvalue weighted by molar-refractivity contribution is 5.88. The molecule has 1 aromatic rings. The Morgan fingerprint density at radius 1 is 1.08 bits per heavy atom. The van der Waals surface area contributed by atoms with Gasteiger partial charge in [-0.2, -0.15) is 0 Å². The highest BCUT2D eigenvalue weighted by Gasteiger charge is 2.41. The molecule has 2 fully saturated rings. The SMILES string of the molecule is CC(=O)Nc1ccc2c(c1)CC1(CCC(N3CCCCC3)CC1)C2. The molecular weight excluding hydrogens is 296 g/mol. The fourth-order valence-corrected chi connectivity index (χ4v) is 5.33. The number of carbonyl (C=O) groups excluding carboxylic acids is 1. The molecule has 1 saturated carbocycles. The number of benzene rings is 1. The maximum absolute atomic E-state index is 11.3. The van der Waals surface area contributed by atoms with Gasteiger partial charge in [-0.3, -0.25) is 4.79 Å². The molecule has 3 heteroatoms. The van der Waals surface area contributed by atoms with E-state index in [4.69, 9.17) is 0 Å². The van der Waals surface area contributed by atoms with Crippen LogP contribution in [0.3, 0.4) is 0 Å². The molecule has 1 spiro atoms. The van der Waals surface area contributed by atoms with E-state index in [-0.39, 0.29) is 5.91 Å². The first-order valence-corrected chi connectivity index (χ1v) is 9.77. The molecule has 0 unspecified atom stereocenters. The zero-order chi connectivity index (χ0) is 16.6. The zero-order valence-electron chi connectivity index (χ0n) is 14.9. The first kappa shape index (κ1) is 16.1. The van der Waals surface area contributed by atoms with Gasteiger partial charge in [-0.15, -0.1) is 0 Å². The van der Waals surface area contributed by atoms with Crippen molar-refractivity contribution in [2.75, 3.05) is 18.4 Å². The summed E-state index contributed by atoms with van der Waals surface area (Å²) in [6.07, 6.45) is 12.2. The van der Waals surface area contributed by atoms with Crippen LogP contribution < -0.4 is 5.32 Å². The third kappa shape index (κ3) is 3.23. The second kappa shape index (κ2) is 6.51. The molecule has 3 nitrogen and oxygen atoms in total. The number of nitrogens with zero attached hydrogens (tertiary/aromatic N) is 1. The predicted octanol–water partition coefficient (Wildman–Crippen LogP) is 4.16. The fourth-order valence-electron chi connectivity index (χ4n) is 5.33. The average Bonchev–Trinajstić information content (AvgIpc) is 2.93. The van der Waals surface area contributed by atoms with Gasteiger partial charge in [-0.05, 0) is 93.1 Å². The van der Waals surface area contributed by atoms with E-state index in [0.29, 0.717) is 5.41 Å². The Morgan fingerprint density at radius 2 is 1.79 bits per heavy atom. The van der Waals surface area contributed by atoms with Crippen molar-refractivity contribution in [2.45, 2.75) is 70.8 Å². The summed E-state index contributed by atoms with van der Waals surface area (Å²) >= 11 is 0.